The van der Waals surface area contributed by atoms with E-state index in [4.69, 9.17) is 0 Å². The van der Waals surface area contributed by atoms with E-state index in [9.17, 15) is 4.79 Å². The van der Waals surface area contributed by atoms with Crippen LogP contribution >= 0.6 is 0 Å². The van der Waals surface area contributed by atoms with E-state index in [1.807, 2.05) is 6.92 Å². The molecule has 0 radical (unpaired) electrons. The van der Waals surface area contributed by atoms with Gasteiger partial charge in [0.05, 0.1) is 0 Å². The van der Waals surface area contributed by atoms with Gasteiger partial charge in [-0.3, -0.25) is 9.89 Å². The number of aromatic amines is 1. The Morgan fingerprint density at radius 3 is 3.11 bits per heavy atom. The van der Waals surface area contributed by atoms with Gasteiger partial charge in [0.15, 0.2) is 0 Å². The fourth-order valence-electron chi connectivity index (χ4n) is 0.503. The van der Waals surface area contributed by atoms with Gasteiger partial charge in [-0.15, -0.1) is 5.10 Å². The summed E-state index contributed by atoms with van der Waals surface area (Å²) in [5.74, 6) is 0.308. The summed E-state index contributed by atoms with van der Waals surface area (Å²) in [6.45, 7) is 2.17. The molecule has 0 saturated carbocycles. The fraction of sp³-hybridized carbons (Fsp3) is 0.200. The summed E-state index contributed by atoms with van der Waals surface area (Å²) >= 11 is 0. The Hall–Kier alpha value is -1.32. The average molecular weight is 126 g/mol. The highest BCUT2D eigenvalue weighted by Crippen LogP contribution is 2.04. The highest BCUT2D eigenvalue weighted by atomic mass is 16.5. The van der Waals surface area contributed by atoms with Crippen LogP contribution in [-0.4, -0.2) is 16.7 Å². The third-order valence-electron chi connectivity index (χ3n) is 0.851. The van der Waals surface area contributed by atoms with Gasteiger partial charge in [0, 0.05) is 11.8 Å². The van der Waals surface area contributed by atoms with E-state index in [0.717, 1.165) is 5.69 Å². The third kappa shape index (κ3) is 1.28. The van der Waals surface area contributed by atoms with Gasteiger partial charge < -0.3 is 4.74 Å². The van der Waals surface area contributed by atoms with Crippen LogP contribution in [0.3, 0.4) is 0 Å². The molecule has 0 saturated heterocycles. The van der Waals surface area contributed by atoms with Crippen molar-refractivity contribution in [3.63, 3.8) is 0 Å². The molecule has 0 unspecified atom stereocenters. The maximum atomic E-state index is 9.71. The van der Waals surface area contributed by atoms with Crippen molar-refractivity contribution >= 4 is 6.47 Å². The lowest BCUT2D eigenvalue weighted by atomic mass is 10.5. The van der Waals surface area contributed by atoms with Crippen LogP contribution in [0.5, 0.6) is 5.88 Å². The van der Waals surface area contributed by atoms with Crippen molar-refractivity contribution in [2.45, 2.75) is 6.92 Å². The topological polar surface area (TPSA) is 55.0 Å². The summed E-state index contributed by atoms with van der Waals surface area (Å²) in [7, 11) is 0. The normalized spacial score (nSPS) is 9.00. The number of carbonyl (C=O) groups excluding carboxylic acids is 1. The largest absolute Gasteiger partial charge is 0.408 e. The monoisotopic (exact) mass is 126 g/mol. The zero-order valence-corrected chi connectivity index (χ0v) is 4.92. The molecule has 0 aliphatic carbocycles. The molecule has 0 aromatic carbocycles. The maximum Gasteiger partial charge on any atom is 0.299 e. The Labute approximate surface area is 51.8 Å². The number of aryl methyl sites for hydroxylation is 1. The third-order valence-corrected chi connectivity index (χ3v) is 0.851. The number of hydrogen-bond donors (Lipinski definition) is 1. The Bertz CT molecular complexity index is 206. The van der Waals surface area contributed by atoms with Gasteiger partial charge in [-0.1, -0.05) is 0 Å². The van der Waals surface area contributed by atoms with Crippen molar-refractivity contribution < 1.29 is 9.53 Å². The van der Waals surface area contributed by atoms with Crippen LogP contribution in [0.1, 0.15) is 5.69 Å². The van der Waals surface area contributed by atoms with Crippen LogP contribution in [0.2, 0.25) is 0 Å². The van der Waals surface area contributed by atoms with Crippen LogP contribution in [0.15, 0.2) is 6.07 Å². The summed E-state index contributed by atoms with van der Waals surface area (Å²) in [6.07, 6.45) is 0. The molecule has 0 bridgehead atoms. The van der Waals surface area contributed by atoms with Crippen molar-refractivity contribution in [1.82, 2.24) is 10.2 Å². The smallest absolute Gasteiger partial charge is 0.299 e. The van der Waals surface area contributed by atoms with Crippen LogP contribution in [0.4, 0.5) is 0 Å². The van der Waals surface area contributed by atoms with Gasteiger partial charge >= 0.3 is 0 Å². The minimum atomic E-state index is 0.308. The predicted molar refractivity (Wildman–Crippen MR) is 30.0 cm³/mol. The molecule has 9 heavy (non-hydrogen) atoms. The second-order valence-corrected chi connectivity index (χ2v) is 1.60. The molecule has 1 aromatic heterocycles. The number of aromatic nitrogens is 2. The van der Waals surface area contributed by atoms with Gasteiger partial charge in [0.25, 0.3) is 6.47 Å². The second kappa shape index (κ2) is 2.30. The molecule has 0 amide bonds. The van der Waals surface area contributed by atoms with E-state index in [0.29, 0.717) is 12.4 Å². The van der Waals surface area contributed by atoms with Crippen LogP contribution < -0.4 is 4.74 Å². The lowest BCUT2D eigenvalue weighted by molar-refractivity contribution is -0.120. The fourth-order valence-corrected chi connectivity index (χ4v) is 0.503. The first-order valence-electron chi connectivity index (χ1n) is 2.45. The van der Waals surface area contributed by atoms with Gasteiger partial charge in [-0.25, -0.2) is 0 Å². The SMILES string of the molecule is Cc1cc(OC=O)n[nH]1. The van der Waals surface area contributed by atoms with E-state index >= 15 is 0 Å². The van der Waals surface area contributed by atoms with E-state index in [2.05, 4.69) is 14.9 Å². The standard InChI is InChI=1S/C5H6N2O2/c1-4-2-5(7-6-4)9-3-8/h2-3H,1H3,(H,6,7). The van der Waals surface area contributed by atoms with Crippen LogP contribution in [-0.2, 0) is 4.79 Å². The molecule has 4 nitrogen and oxygen atoms in total. The highest BCUT2D eigenvalue weighted by Gasteiger charge is 1.94. The summed E-state index contributed by atoms with van der Waals surface area (Å²) < 4.78 is 4.40. The quantitative estimate of drug-likeness (QED) is 0.578. The number of nitrogens with zero attached hydrogens (tertiary/aromatic N) is 1. The maximum absolute atomic E-state index is 9.71. The van der Waals surface area contributed by atoms with Crippen molar-refractivity contribution in [2.75, 3.05) is 0 Å². The molecule has 0 spiro atoms. The summed E-state index contributed by atoms with van der Waals surface area (Å²) in [5, 5.41) is 6.25. The molecule has 48 valence electrons. The molecular weight excluding hydrogens is 120 g/mol. The number of ether oxygens (including phenoxy) is 1. The molecule has 1 aromatic rings. The van der Waals surface area contributed by atoms with Crippen LogP contribution in [0.25, 0.3) is 0 Å². The molecule has 1 N–H and O–H groups in total. The first kappa shape index (κ1) is 5.81. The van der Waals surface area contributed by atoms with E-state index in [1.165, 1.54) is 0 Å². The highest BCUT2D eigenvalue weighted by molar-refractivity contribution is 5.42. The lowest BCUT2D eigenvalue weighted by Crippen LogP contribution is -1.87. The van der Waals surface area contributed by atoms with Crippen LogP contribution in [0, 0.1) is 6.92 Å². The summed E-state index contributed by atoms with van der Waals surface area (Å²) in [5.41, 5.74) is 0.867. The number of hydrogen-bond acceptors (Lipinski definition) is 3. The molecule has 0 aliphatic heterocycles. The number of rotatable bonds is 2. The lowest BCUT2D eigenvalue weighted by Gasteiger charge is -1.82. The van der Waals surface area contributed by atoms with Crippen molar-refractivity contribution in [2.24, 2.45) is 0 Å². The zero-order valence-electron chi connectivity index (χ0n) is 4.92. The molecule has 0 aliphatic rings. The van der Waals surface area contributed by atoms with E-state index in [1.54, 1.807) is 6.07 Å². The molecule has 0 fully saturated rings. The van der Waals surface area contributed by atoms with Gasteiger partial charge in [-0.05, 0) is 6.92 Å². The van der Waals surface area contributed by atoms with Crippen molar-refractivity contribution in [3.8, 4) is 5.88 Å². The van der Waals surface area contributed by atoms with Gasteiger partial charge in [0.1, 0.15) is 0 Å². The van der Waals surface area contributed by atoms with Gasteiger partial charge in [-0.2, -0.15) is 0 Å². The minimum Gasteiger partial charge on any atom is -0.408 e. The zero-order chi connectivity index (χ0) is 6.69. The Kier molecular flexibility index (Phi) is 1.48. The van der Waals surface area contributed by atoms with Crippen molar-refractivity contribution in [3.05, 3.63) is 11.8 Å². The predicted octanol–water partition coefficient (Wildman–Crippen LogP) is 0.253. The van der Waals surface area contributed by atoms with Gasteiger partial charge in [0.2, 0.25) is 5.88 Å². The van der Waals surface area contributed by atoms with Crippen molar-refractivity contribution in [1.29, 1.82) is 0 Å². The number of carbonyl (C=O) groups is 1. The number of H-pyrrole nitrogens is 1. The average Bonchev–Trinajstić information content (AvgIpc) is 2.17. The molecule has 1 rings (SSSR count). The molecule has 0 atom stereocenters. The Morgan fingerprint density at radius 1 is 1.89 bits per heavy atom. The molecule has 1 heterocycles. The number of nitrogens with one attached hydrogen (secondary N) is 1. The molecule has 4 heteroatoms. The summed E-state index contributed by atoms with van der Waals surface area (Å²) in [6, 6.07) is 1.63. The Morgan fingerprint density at radius 2 is 2.67 bits per heavy atom. The first-order valence-corrected chi connectivity index (χ1v) is 2.45. The minimum absolute atomic E-state index is 0.308. The molecular formula is C5H6N2O2. The second-order valence-electron chi connectivity index (χ2n) is 1.60. The van der Waals surface area contributed by atoms with E-state index < -0.39 is 0 Å². The first-order chi connectivity index (χ1) is 4.33. The summed E-state index contributed by atoms with van der Waals surface area (Å²) in [4.78, 5) is 9.71. The Balaban J connectivity index is 2.72. The van der Waals surface area contributed by atoms with E-state index in [-0.39, 0.29) is 0 Å².